The van der Waals surface area contributed by atoms with Crippen LogP contribution in [0.3, 0.4) is 0 Å². The maximum atomic E-state index is 13.4. The highest BCUT2D eigenvalue weighted by Crippen LogP contribution is 2.14. The highest BCUT2D eigenvalue weighted by atomic mass is 79.9. The number of hydrogen-bond donors (Lipinski definition) is 1. The molecule has 0 atom stereocenters. The van der Waals surface area contributed by atoms with E-state index in [1.807, 2.05) is 6.07 Å². The van der Waals surface area contributed by atoms with Gasteiger partial charge in [-0.05, 0) is 12.1 Å². The molecule has 0 saturated heterocycles. The van der Waals surface area contributed by atoms with Crippen LogP contribution in [0.15, 0.2) is 33.5 Å². The Morgan fingerprint density at radius 1 is 1.41 bits per heavy atom. The largest absolute Gasteiger partial charge is 0.340 e. The van der Waals surface area contributed by atoms with Crippen LogP contribution in [0.2, 0.25) is 0 Å². The molecule has 0 aliphatic heterocycles. The molecule has 0 radical (unpaired) electrons. The van der Waals surface area contributed by atoms with Crippen molar-refractivity contribution in [2.45, 2.75) is 13.0 Å². The van der Waals surface area contributed by atoms with E-state index in [9.17, 15) is 4.39 Å². The molecule has 0 saturated carbocycles. The van der Waals surface area contributed by atoms with Crippen LogP contribution in [-0.2, 0) is 13.0 Å². The van der Waals surface area contributed by atoms with Gasteiger partial charge in [-0.25, -0.2) is 4.39 Å². The van der Waals surface area contributed by atoms with Gasteiger partial charge in [0.25, 0.3) is 0 Å². The lowest BCUT2D eigenvalue weighted by molar-refractivity contribution is 0.374. The molecule has 4 nitrogen and oxygen atoms in total. The van der Waals surface area contributed by atoms with Crippen LogP contribution in [0.4, 0.5) is 4.39 Å². The number of aromatic nitrogens is 2. The van der Waals surface area contributed by atoms with Crippen molar-refractivity contribution in [3.8, 4) is 0 Å². The summed E-state index contributed by atoms with van der Waals surface area (Å²) in [5.41, 5.74) is 0.638. The van der Waals surface area contributed by atoms with Crippen LogP contribution >= 0.6 is 15.9 Å². The van der Waals surface area contributed by atoms with Crippen molar-refractivity contribution in [3.63, 3.8) is 0 Å². The third-order valence-electron chi connectivity index (χ3n) is 2.25. The molecule has 0 aliphatic rings. The van der Waals surface area contributed by atoms with Gasteiger partial charge < -0.3 is 9.84 Å². The predicted molar refractivity (Wildman–Crippen MR) is 63.8 cm³/mol. The fourth-order valence-electron chi connectivity index (χ4n) is 1.39. The Morgan fingerprint density at radius 2 is 2.29 bits per heavy atom. The highest BCUT2D eigenvalue weighted by Gasteiger charge is 2.03. The molecule has 90 valence electrons. The van der Waals surface area contributed by atoms with E-state index in [4.69, 9.17) is 4.52 Å². The molecule has 17 heavy (non-hydrogen) atoms. The second-order valence-electron chi connectivity index (χ2n) is 3.50. The van der Waals surface area contributed by atoms with Gasteiger partial charge in [0, 0.05) is 29.5 Å². The molecule has 2 rings (SSSR count). The summed E-state index contributed by atoms with van der Waals surface area (Å²) in [6.07, 6.45) is 2.00. The van der Waals surface area contributed by atoms with Gasteiger partial charge in [0.05, 0.1) is 0 Å². The summed E-state index contributed by atoms with van der Waals surface area (Å²) >= 11 is 3.22. The summed E-state index contributed by atoms with van der Waals surface area (Å²) in [5.74, 6) is 0.360. The predicted octanol–water partition coefficient (Wildman–Crippen LogP) is 2.30. The molecule has 6 heteroatoms. The molecule has 0 spiro atoms. The molecule has 1 heterocycles. The van der Waals surface area contributed by atoms with Crippen LogP contribution < -0.4 is 5.32 Å². The topological polar surface area (TPSA) is 51.0 Å². The third-order valence-corrected chi connectivity index (χ3v) is 2.75. The minimum atomic E-state index is -0.218. The number of nitrogens with one attached hydrogen (secondary N) is 1. The Kier molecular flexibility index (Phi) is 4.22. The second-order valence-corrected chi connectivity index (χ2v) is 4.41. The van der Waals surface area contributed by atoms with Gasteiger partial charge in [0.15, 0.2) is 6.33 Å². The Hall–Kier alpha value is -1.27. The van der Waals surface area contributed by atoms with Crippen LogP contribution in [0, 0.1) is 5.82 Å². The first-order valence-corrected chi connectivity index (χ1v) is 5.95. The van der Waals surface area contributed by atoms with Crippen LogP contribution in [-0.4, -0.2) is 16.7 Å². The van der Waals surface area contributed by atoms with Crippen molar-refractivity contribution in [1.29, 1.82) is 0 Å². The SMILES string of the molecule is Fc1cc(Br)ccc1CNCCc1ncno1. The zero-order chi connectivity index (χ0) is 12.1. The van der Waals surface area contributed by atoms with E-state index >= 15 is 0 Å². The Balaban J connectivity index is 1.78. The standard InChI is InChI=1S/C11H11BrFN3O/c12-9-2-1-8(10(13)5-9)6-14-4-3-11-15-7-16-17-11/h1-2,5,7,14H,3-4,6H2. The lowest BCUT2D eigenvalue weighted by Crippen LogP contribution is -2.17. The zero-order valence-corrected chi connectivity index (χ0v) is 10.6. The number of nitrogens with zero attached hydrogens (tertiary/aromatic N) is 2. The van der Waals surface area contributed by atoms with Crippen LogP contribution in [0.1, 0.15) is 11.5 Å². The lowest BCUT2D eigenvalue weighted by atomic mass is 10.2. The van der Waals surface area contributed by atoms with Crippen molar-refractivity contribution >= 4 is 15.9 Å². The minimum absolute atomic E-state index is 0.218. The number of hydrogen-bond acceptors (Lipinski definition) is 4. The highest BCUT2D eigenvalue weighted by molar-refractivity contribution is 9.10. The first-order chi connectivity index (χ1) is 8.25. The molecule has 0 amide bonds. The summed E-state index contributed by atoms with van der Waals surface area (Å²) < 4.78 is 19.0. The summed E-state index contributed by atoms with van der Waals surface area (Å²) in [4.78, 5) is 3.89. The molecule has 1 aromatic heterocycles. The minimum Gasteiger partial charge on any atom is -0.340 e. The first kappa shape index (κ1) is 12.2. The molecule has 0 aliphatic carbocycles. The number of benzene rings is 1. The van der Waals surface area contributed by atoms with E-state index < -0.39 is 0 Å². The molecule has 0 unspecified atom stereocenters. The molecule has 2 aromatic rings. The molecule has 0 bridgehead atoms. The van der Waals surface area contributed by atoms with Gasteiger partial charge in [-0.15, -0.1) is 0 Å². The van der Waals surface area contributed by atoms with Crippen molar-refractivity contribution in [1.82, 2.24) is 15.5 Å². The van der Waals surface area contributed by atoms with Gasteiger partial charge in [-0.2, -0.15) is 4.98 Å². The van der Waals surface area contributed by atoms with E-state index in [1.165, 1.54) is 12.4 Å². The average molecular weight is 300 g/mol. The first-order valence-electron chi connectivity index (χ1n) is 5.16. The zero-order valence-electron chi connectivity index (χ0n) is 8.99. The maximum absolute atomic E-state index is 13.4. The Morgan fingerprint density at radius 3 is 3.00 bits per heavy atom. The van der Waals surface area contributed by atoms with Gasteiger partial charge in [-0.3, -0.25) is 0 Å². The summed E-state index contributed by atoms with van der Waals surface area (Å²) in [6.45, 7) is 1.14. The van der Waals surface area contributed by atoms with E-state index in [2.05, 4.69) is 31.4 Å². The molecule has 1 N–H and O–H groups in total. The maximum Gasteiger partial charge on any atom is 0.227 e. The second kappa shape index (κ2) is 5.88. The molecule has 1 aromatic carbocycles. The quantitative estimate of drug-likeness (QED) is 0.861. The molecular weight excluding hydrogens is 289 g/mol. The molecule has 0 fully saturated rings. The lowest BCUT2D eigenvalue weighted by Gasteiger charge is -2.05. The third kappa shape index (κ3) is 3.61. The smallest absolute Gasteiger partial charge is 0.227 e. The summed E-state index contributed by atoms with van der Waals surface area (Å²) in [6, 6.07) is 5.02. The fourth-order valence-corrected chi connectivity index (χ4v) is 1.72. The normalized spacial score (nSPS) is 10.7. The Bertz CT molecular complexity index is 476. The number of halogens is 2. The number of rotatable bonds is 5. The van der Waals surface area contributed by atoms with Crippen molar-refractivity contribution in [2.24, 2.45) is 0 Å². The van der Waals surface area contributed by atoms with E-state index in [1.54, 1.807) is 6.07 Å². The van der Waals surface area contributed by atoms with Gasteiger partial charge in [-0.1, -0.05) is 27.2 Å². The van der Waals surface area contributed by atoms with Crippen molar-refractivity contribution < 1.29 is 8.91 Å². The summed E-state index contributed by atoms with van der Waals surface area (Å²) in [7, 11) is 0. The van der Waals surface area contributed by atoms with Crippen molar-refractivity contribution in [2.75, 3.05) is 6.54 Å². The fraction of sp³-hybridized carbons (Fsp3) is 0.273. The summed E-state index contributed by atoms with van der Waals surface area (Å²) in [5, 5.41) is 6.62. The van der Waals surface area contributed by atoms with Gasteiger partial charge in [0.2, 0.25) is 5.89 Å². The average Bonchev–Trinajstić information content (AvgIpc) is 2.79. The van der Waals surface area contributed by atoms with E-state index in [-0.39, 0.29) is 5.82 Å². The van der Waals surface area contributed by atoms with E-state index in [0.717, 1.165) is 4.47 Å². The van der Waals surface area contributed by atoms with Crippen LogP contribution in [0.25, 0.3) is 0 Å². The van der Waals surface area contributed by atoms with Gasteiger partial charge in [0.1, 0.15) is 5.82 Å². The van der Waals surface area contributed by atoms with E-state index in [0.29, 0.717) is 31.0 Å². The Labute approximate surface area is 106 Å². The molecular formula is C11H11BrFN3O. The van der Waals surface area contributed by atoms with Gasteiger partial charge >= 0.3 is 0 Å². The van der Waals surface area contributed by atoms with Crippen molar-refractivity contribution in [3.05, 3.63) is 46.3 Å². The van der Waals surface area contributed by atoms with Crippen LogP contribution in [0.5, 0.6) is 0 Å². The monoisotopic (exact) mass is 299 g/mol.